The first-order valence-electron chi connectivity index (χ1n) is 8.49. The minimum absolute atomic E-state index is 0.142. The number of carbonyl (C=O) groups excluding carboxylic acids is 2. The summed E-state index contributed by atoms with van der Waals surface area (Å²) >= 11 is 0. The van der Waals surface area contributed by atoms with Crippen LogP contribution in [0.1, 0.15) is 11.1 Å². The average Bonchev–Trinajstić information content (AvgIpc) is 2.70. The number of benzene rings is 2. The van der Waals surface area contributed by atoms with Crippen LogP contribution in [0.5, 0.6) is 11.5 Å². The van der Waals surface area contributed by atoms with Crippen LogP contribution in [0, 0.1) is 0 Å². The number of primary amides is 1. The van der Waals surface area contributed by atoms with Crippen LogP contribution in [0.25, 0.3) is 0 Å². The van der Waals surface area contributed by atoms with E-state index in [0.717, 1.165) is 11.7 Å². The smallest absolute Gasteiger partial charge is 0.0622 e. The Bertz CT molecular complexity index is 858. The van der Waals surface area contributed by atoms with Crippen LogP contribution in [0.2, 0.25) is 0 Å². The van der Waals surface area contributed by atoms with Crippen molar-refractivity contribution in [2.24, 2.45) is 10.7 Å². The first kappa shape index (κ1) is 20.8. The Balaban J connectivity index is 2.22. The fraction of sp³-hybridized carbons (Fsp3) is 0.211. The van der Waals surface area contributed by atoms with Gasteiger partial charge in [-0.2, -0.15) is 0 Å². The van der Waals surface area contributed by atoms with E-state index in [1.165, 1.54) is 7.05 Å². The number of rotatable bonds is 9. The van der Waals surface area contributed by atoms with Gasteiger partial charge in [-0.05, 0) is 0 Å². The van der Waals surface area contributed by atoms with Crippen LogP contribution < -0.4 is 20.5 Å². The van der Waals surface area contributed by atoms with Gasteiger partial charge in [-0.15, -0.1) is 0 Å². The second kappa shape index (κ2) is 10.6. The van der Waals surface area contributed by atoms with Crippen molar-refractivity contribution in [3.63, 3.8) is 0 Å². The third-order valence-corrected chi connectivity index (χ3v) is 3.74. The predicted molar refractivity (Wildman–Crippen MR) is 104 cm³/mol. The number of aliphatic imine (C=N–C) groups is 1. The van der Waals surface area contributed by atoms with Gasteiger partial charge >= 0.3 is 144 Å². The van der Waals surface area contributed by atoms with Crippen molar-refractivity contribution >= 4 is 25.3 Å². The molecule has 0 bridgehead atoms. The van der Waals surface area contributed by atoms with Crippen molar-refractivity contribution in [1.82, 2.24) is 5.32 Å². The van der Waals surface area contributed by atoms with E-state index in [1.54, 1.807) is 18.2 Å². The summed E-state index contributed by atoms with van der Waals surface area (Å²) in [7, 11) is 1.91. The van der Waals surface area contributed by atoms with Crippen molar-refractivity contribution in [3.05, 3.63) is 59.7 Å². The van der Waals surface area contributed by atoms with E-state index in [2.05, 4.69) is 10.3 Å². The molecule has 144 valence electrons. The molecule has 0 aromatic heterocycles. The van der Waals surface area contributed by atoms with Gasteiger partial charge in [-0.3, -0.25) is 0 Å². The molecular weight excluding hydrogens is 361 g/mol. The summed E-state index contributed by atoms with van der Waals surface area (Å²) in [5.41, 5.74) is 6.91. The number of nitrogens with two attached hydrogens (primary N) is 1. The Morgan fingerprint density at radius 2 is 1.93 bits per heavy atom. The van der Waals surface area contributed by atoms with Crippen LogP contribution in [-0.2, 0) is 22.5 Å². The third-order valence-electron chi connectivity index (χ3n) is 3.74. The normalized spacial score (nSPS) is 11.5. The fourth-order valence-corrected chi connectivity index (χ4v) is 2.35. The summed E-state index contributed by atoms with van der Waals surface area (Å²) in [6.07, 6.45) is 0.462. The Morgan fingerprint density at radius 3 is 2.57 bits per heavy atom. The van der Waals surface area contributed by atoms with Gasteiger partial charge in [0.25, 0.3) is 0 Å². The van der Waals surface area contributed by atoms with Gasteiger partial charge in [0.1, 0.15) is 0 Å². The van der Waals surface area contributed by atoms with Crippen molar-refractivity contribution in [1.29, 1.82) is 0 Å². The summed E-state index contributed by atoms with van der Waals surface area (Å²) in [6.45, 7) is 0.290. The number of carbonyl (C=O) groups is 2. The van der Waals surface area contributed by atoms with Gasteiger partial charge in [-0.1, -0.05) is 18.2 Å². The van der Waals surface area contributed by atoms with Crippen LogP contribution in [0.4, 0.5) is 4.79 Å². The van der Waals surface area contributed by atoms with Crippen LogP contribution >= 0.6 is 0 Å². The van der Waals surface area contributed by atoms with Gasteiger partial charge in [0.2, 0.25) is 0 Å². The molecule has 1 atom stereocenters. The van der Waals surface area contributed by atoms with E-state index in [4.69, 9.17) is 15.2 Å². The van der Waals surface area contributed by atoms with Crippen LogP contribution in [0.3, 0.4) is 0 Å². The third kappa shape index (κ3) is 6.35. The molecule has 0 aliphatic rings. The number of amides is 2. The van der Waals surface area contributed by atoms with Crippen molar-refractivity contribution < 1.29 is 23.8 Å². The average molecular weight is 381 g/mol. The summed E-state index contributed by atoms with van der Waals surface area (Å²) in [5.74, 6) is -0.116. The molecule has 9 heteroatoms. The Morgan fingerprint density at radius 1 is 1.18 bits per heavy atom. The molecular formula is C19H20BN3O5. The molecule has 0 aliphatic heterocycles. The zero-order chi connectivity index (χ0) is 20.4. The molecule has 2 aromatic carbocycles. The molecule has 8 nitrogen and oxygen atoms in total. The molecule has 0 saturated carbocycles. The van der Waals surface area contributed by atoms with Gasteiger partial charge in [0, 0.05) is 0 Å². The zero-order valence-corrected chi connectivity index (χ0v) is 15.3. The SMILES string of the molecule is CNC(=O)Oc1cc(C[C@H](/N=C\B=O)C(N)=O)ccc1OCc1ccccc1. The Hall–Kier alpha value is -3.49. The van der Waals surface area contributed by atoms with E-state index in [1.807, 2.05) is 30.3 Å². The molecule has 0 fully saturated rings. The zero-order valence-electron chi connectivity index (χ0n) is 15.3. The monoisotopic (exact) mass is 381 g/mol. The van der Waals surface area contributed by atoms with Crippen molar-refractivity contribution in [3.8, 4) is 11.5 Å². The van der Waals surface area contributed by atoms with Gasteiger partial charge < -0.3 is 0 Å². The minimum Gasteiger partial charge on any atom is -0.0622 e. The summed E-state index contributed by atoms with van der Waals surface area (Å²) in [6, 6.07) is 13.5. The quantitative estimate of drug-likeness (QED) is 0.503. The number of nitrogens with one attached hydrogen (secondary N) is 1. The Kier molecular flexibility index (Phi) is 7.89. The fourth-order valence-electron chi connectivity index (χ4n) is 2.35. The topological polar surface area (TPSA) is 120 Å². The summed E-state index contributed by atoms with van der Waals surface area (Å²) in [4.78, 5) is 27.0. The number of hydrogen-bond acceptors (Lipinski definition) is 6. The maximum atomic E-state index is 11.7. The van der Waals surface area contributed by atoms with Crippen LogP contribution in [0.15, 0.2) is 53.5 Å². The standard InChI is InChI=1S/C19H20BN3O5/c1-22-19(25)28-17-10-14(9-15(18(21)24)23-12-20-26)7-8-16(17)27-11-13-5-3-2-4-6-13/h2-8,10,12,15H,9,11H2,1H3,(H2,21,24)(H,22,25)/b23-12-/t15-/m0/s1. The van der Waals surface area contributed by atoms with Crippen molar-refractivity contribution in [2.45, 2.75) is 19.1 Å². The molecule has 0 heterocycles. The molecule has 0 unspecified atom stereocenters. The maximum absolute atomic E-state index is 11.7. The molecule has 0 aliphatic carbocycles. The van der Waals surface area contributed by atoms with Gasteiger partial charge in [-0.25, -0.2) is 0 Å². The Labute approximate surface area is 163 Å². The predicted octanol–water partition coefficient (Wildman–Crippen LogP) is 1.46. The van der Waals surface area contributed by atoms with Crippen LogP contribution in [-0.4, -0.2) is 38.4 Å². The molecule has 2 rings (SSSR count). The van der Waals surface area contributed by atoms with E-state index < -0.39 is 18.0 Å². The first-order valence-corrected chi connectivity index (χ1v) is 8.49. The van der Waals surface area contributed by atoms with E-state index in [9.17, 15) is 14.3 Å². The molecule has 28 heavy (non-hydrogen) atoms. The van der Waals surface area contributed by atoms with Crippen molar-refractivity contribution in [2.75, 3.05) is 7.05 Å². The van der Waals surface area contributed by atoms with E-state index in [0.29, 0.717) is 18.5 Å². The molecule has 2 amide bonds. The van der Waals surface area contributed by atoms with E-state index in [-0.39, 0.29) is 18.8 Å². The number of hydrogen-bond donors (Lipinski definition) is 2. The van der Waals surface area contributed by atoms with Gasteiger partial charge in [0.15, 0.2) is 0 Å². The molecule has 0 radical (unpaired) electrons. The molecule has 0 saturated heterocycles. The second-order valence-corrected chi connectivity index (χ2v) is 5.75. The number of ether oxygens (including phenoxy) is 2. The molecule has 0 spiro atoms. The summed E-state index contributed by atoms with van der Waals surface area (Å²) in [5, 5.41) is 2.37. The minimum atomic E-state index is -0.908. The van der Waals surface area contributed by atoms with Gasteiger partial charge in [0.05, 0.1) is 0 Å². The number of nitrogens with zero attached hydrogens (tertiary/aromatic N) is 1. The molecule has 2 aromatic rings. The first-order chi connectivity index (χ1) is 13.5. The molecule has 3 N–H and O–H groups in total. The summed E-state index contributed by atoms with van der Waals surface area (Å²) < 4.78 is 21.5. The van der Waals surface area contributed by atoms with E-state index >= 15 is 0 Å². The second-order valence-electron chi connectivity index (χ2n) is 5.75.